The minimum atomic E-state index is -4.08. The quantitative estimate of drug-likeness (QED) is 0.463. The summed E-state index contributed by atoms with van der Waals surface area (Å²) in [5, 5.41) is 5.56. The molecule has 0 radical (unpaired) electrons. The van der Waals surface area contributed by atoms with Crippen LogP contribution in [0.25, 0.3) is 0 Å². The SMILES string of the molecule is Cc1cccc(NC(=O)NN=C(S(C)(=O)=O)S(C)(=O)=O)c1. The Kier molecular flexibility index (Phi) is 5.07. The van der Waals surface area contributed by atoms with Crippen molar-refractivity contribution >= 4 is 35.8 Å². The number of urea groups is 1. The number of amides is 2. The van der Waals surface area contributed by atoms with E-state index in [1.807, 2.05) is 18.4 Å². The summed E-state index contributed by atoms with van der Waals surface area (Å²) in [5.41, 5.74) is 3.21. The highest BCUT2D eigenvalue weighted by atomic mass is 32.3. The van der Waals surface area contributed by atoms with Gasteiger partial charge >= 0.3 is 6.03 Å². The lowest BCUT2D eigenvalue weighted by molar-refractivity contribution is 0.252. The summed E-state index contributed by atoms with van der Waals surface area (Å²) in [7, 11) is -8.16. The zero-order chi connectivity index (χ0) is 16.3. The van der Waals surface area contributed by atoms with Crippen LogP contribution in [-0.2, 0) is 19.7 Å². The Hall–Kier alpha value is -1.94. The van der Waals surface area contributed by atoms with Gasteiger partial charge in [-0.2, -0.15) is 0 Å². The van der Waals surface area contributed by atoms with E-state index in [0.29, 0.717) is 18.2 Å². The fourth-order valence-corrected chi connectivity index (χ4v) is 4.04. The average Bonchev–Trinajstić information content (AvgIpc) is 2.24. The van der Waals surface area contributed by atoms with E-state index in [4.69, 9.17) is 0 Å². The van der Waals surface area contributed by atoms with Crippen molar-refractivity contribution in [3.63, 3.8) is 0 Å². The molecule has 0 aliphatic carbocycles. The summed E-state index contributed by atoms with van der Waals surface area (Å²) in [6.45, 7) is 1.83. The first-order chi connectivity index (χ1) is 9.50. The predicted molar refractivity (Wildman–Crippen MR) is 80.5 cm³/mol. The van der Waals surface area contributed by atoms with Crippen molar-refractivity contribution in [2.24, 2.45) is 5.10 Å². The molecule has 0 atom stereocenters. The Balaban J connectivity index is 2.90. The smallest absolute Gasteiger partial charge is 0.307 e. The van der Waals surface area contributed by atoms with Gasteiger partial charge < -0.3 is 5.32 Å². The maximum Gasteiger partial charge on any atom is 0.339 e. The molecule has 0 aliphatic heterocycles. The number of anilines is 1. The highest BCUT2D eigenvalue weighted by Crippen LogP contribution is 2.09. The van der Waals surface area contributed by atoms with Crippen molar-refractivity contribution in [3.05, 3.63) is 29.8 Å². The minimum Gasteiger partial charge on any atom is -0.307 e. The van der Waals surface area contributed by atoms with Crippen LogP contribution in [0.2, 0.25) is 0 Å². The van der Waals surface area contributed by atoms with E-state index >= 15 is 0 Å². The van der Waals surface area contributed by atoms with Crippen LogP contribution in [0.4, 0.5) is 10.5 Å². The van der Waals surface area contributed by atoms with Crippen LogP contribution in [0.5, 0.6) is 0 Å². The number of rotatable bonds is 2. The number of nitrogens with one attached hydrogen (secondary N) is 2. The van der Waals surface area contributed by atoms with E-state index in [9.17, 15) is 21.6 Å². The summed E-state index contributed by atoms with van der Waals surface area (Å²) >= 11 is 0. The number of hydrogen-bond acceptors (Lipinski definition) is 6. The molecule has 2 amide bonds. The maximum absolute atomic E-state index is 11.6. The average molecular weight is 333 g/mol. The van der Waals surface area contributed by atoms with Gasteiger partial charge in [0.2, 0.25) is 19.7 Å². The van der Waals surface area contributed by atoms with Crippen molar-refractivity contribution in [2.75, 3.05) is 17.8 Å². The molecule has 21 heavy (non-hydrogen) atoms. The van der Waals surface area contributed by atoms with Gasteiger partial charge in [-0.25, -0.2) is 27.1 Å². The molecular weight excluding hydrogens is 318 g/mol. The topological polar surface area (TPSA) is 122 Å². The van der Waals surface area contributed by atoms with Crippen LogP contribution in [0.1, 0.15) is 5.56 Å². The lowest BCUT2D eigenvalue weighted by Crippen LogP contribution is -2.30. The second-order valence-corrected chi connectivity index (χ2v) is 8.48. The number of hydrogen-bond donors (Lipinski definition) is 2. The zero-order valence-electron chi connectivity index (χ0n) is 11.6. The first-order valence-electron chi connectivity index (χ1n) is 5.61. The molecule has 0 saturated heterocycles. The van der Waals surface area contributed by atoms with Gasteiger partial charge in [0.15, 0.2) is 0 Å². The Morgan fingerprint density at radius 3 is 2.14 bits per heavy atom. The molecule has 0 bridgehead atoms. The van der Waals surface area contributed by atoms with Crippen molar-refractivity contribution in [3.8, 4) is 0 Å². The van der Waals surface area contributed by atoms with Gasteiger partial charge in [0.1, 0.15) is 0 Å². The normalized spacial score (nSPS) is 11.6. The van der Waals surface area contributed by atoms with Gasteiger partial charge in [-0.3, -0.25) is 0 Å². The third-order valence-corrected chi connectivity index (χ3v) is 5.43. The Labute approximate surface area is 123 Å². The lowest BCUT2D eigenvalue weighted by atomic mass is 10.2. The molecule has 116 valence electrons. The summed E-state index contributed by atoms with van der Waals surface area (Å²) < 4.78 is 44.1. The number of hydrazone groups is 1. The summed E-state index contributed by atoms with van der Waals surface area (Å²) in [5.74, 6) is 0. The fraction of sp³-hybridized carbons (Fsp3) is 0.273. The van der Waals surface area contributed by atoms with E-state index in [2.05, 4.69) is 10.4 Å². The second kappa shape index (κ2) is 6.22. The fourth-order valence-electron chi connectivity index (χ4n) is 1.42. The Morgan fingerprint density at radius 1 is 1.10 bits per heavy atom. The van der Waals surface area contributed by atoms with Gasteiger partial charge in [0.05, 0.1) is 0 Å². The molecule has 0 aromatic heterocycles. The van der Waals surface area contributed by atoms with Crippen molar-refractivity contribution in [1.82, 2.24) is 5.43 Å². The molecule has 0 heterocycles. The molecule has 2 N–H and O–H groups in total. The number of sulfone groups is 2. The largest absolute Gasteiger partial charge is 0.339 e. The minimum absolute atomic E-state index is 0.461. The number of aryl methyl sites for hydroxylation is 1. The Morgan fingerprint density at radius 2 is 1.67 bits per heavy atom. The first-order valence-corrected chi connectivity index (χ1v) is 9.40. The van der Waals surface area contributed by atoms with Gasteiger partial charge in [-0.05, 0) is 24.6 Å². The standard InChI is InChI=1S/C11H15N3O5S2/c1-8-5-4-6-9(7-8)12-10(15)13-14-11(20(2,16)17)21(3,18)19/h4-7H,1-3H3,(H2,12,13,15). The molecule has 0 fully saturated rings. The lowest BCUT2D eigenvalue weighted by Gasteiger charge is -2.06. The van der Waals surface area contributed by atoms with E-state index in [-0.39, 0.29) is 0 Å². The van der Waals surface area contributed by atoms with Crippen molar-refractivity contribution in [1.29, 1.82) is 0 Å². The Bertz CT molecular complexity index is 748. The number of carbonyl (C=O) groups is 1. The third kappa shape index (κ3) is 5.52. The molecular formula is C11H15N3O5S2. The van der Waals surface area contributed by atoms with Crippen LogP contribution in [-0.4, -0.2) is 39.8 Å². The molecule has 8 nitrogen and oxygen atoms in total. The summed E-state index contributed by atoms with van der Waals surface area (Å²) in [6.07, 6.45) is 1.38. The van der Waals surface area contributed by atoms with Crippen LogP contribution >= 0.6 is 0 Å². The van der Waals surface area contributed by atoms with Gasteiger partial charge in [-0.15, -0.1) is 5.10 Å². The molecule has 10 heteroatoms. The summed E-state index contributed by atoms with van der Waals surface area (Å²) in [4.78, 5) is 11.6. The second-order valence-electron chi connectivity index (χ2n) is 4.36. The van der Waals surface area contributed by atoms with Crippen LogP contribution in [0.3, 0.4) is 0 Å². The van der Waals surface area contributed by atoms with Gasteiger partial charge in [0.25, 0.3) is 4.38 Å². The molecule has 0 spiro atoms. The van der Waals surface area contributed by atoms with E-state index < -0.39 is 30.1 Å². The maximum atomic E-state index is 11.6. The highest BCUT2D eigenvalue weighted by Gasteiger charge is 2.25. The molecule has 0 aliphatic rings. The monoisotopic (exact) mass is 333 g/mol. The predicted octanol–water partition coefficient (Wildman–Crippen LogP) is 0.477. The summed E-state index contributed by atoms with van der Waals surface area (Å²) in [6, 6.07) is 5.98. The number of carbonyl (C=O) groups excluding carboxylic acids is 1. The van der Waals surface area contributed by atoms with E-state index in [1.54, 1.807) is 18.2 Å². The zero-order valence-corrected chi connectivity index (χ0v) is 13.2. The van der Waals surface area contributed by atoms with Crippen molar-refractivity contribution < 1.29 is 21.6 Å². The van der Waals surface area contributed by atoms with Crippen LogP contribution < -0.4 is 10.7 Å². The van der Waals surface area contributed by atoms with Gasteiger partial charge in [0, 0.05) is 18.2 Å². The first kappa shape index (κ1) is 17.1. The molecule has 1 aromatic carbocycles. The van der Waals surface area contributed by atoms with Crippen LogP contribution in [0.15, 0.2) is 29.4 Å². The molecule has 1 aromatic rings. The molecule has 1 rings (SSSR count). The van der Waals surface area contributed by atoms with E-state index in [0.717, 1.165) is 5.56 Å². The number of nitrogens with zero attached hydrogens (tertiary/aromatic N) is 1. The highest BCUT2D eigenvalue weighted by molar-refractivity contribution is 8.30. The third-order valence-electron chi connectivity index (χ3n) is 2.16. The van der Waals surface area contributed by atoms with E-state index in [1.165, 1.54) is 0 Å². The number of benzene rings is 1. The van der Waals surface area contributed by atoms with Gasteiger partial charge in [-0.1, -0.05) is 12.1 Å². The van der Waals surface area contributed by atoms with Crippen molar-refractivity contribution in [2.45, 2.75) is 6.92 Å². The molecule has 0 saturated carbocycles. The molecule has 0 unspecified atom stereocenters. The van der Waals surface area contributed by atoms with Crippen LogP contribution in [0, 0.1) is 6.92 Å².